The summed E-state index contributed by atoms with van der Waals surface area (Å²) in [5.41, 5.74) is 12.6. The lowest BCUT2D eigenvalue weighted by atomic mass is 9.93. The number of aryl methyl sites for hydroxylation is 4. The predicted molar refractivity (Wildman–Crippen MR) is 212 cm³/mol. The van der Waals surface area contributed by atoms with Crippen LogP contribution in [-0.2, 0) is 35.5 Å². The largest absolute Gasteiger partial charge is 0.312 e. The van der Waals surface area contributed by atoms with Gasteiger partial charge in [0, 0.05) is 68.1 Å². The monoisotopic (exact) mass is 738 g/mol. The van der Waals surface area contributed by atoms with Crippen LogP contribution in [0.15, 0.2) is 60.7 Å². The second kappa shape index (κ2) is 15.7. The quantitative estimate of drug-likeness (QED) is 0.201. The van der Waals surface area contributed by atoms with Gasteiger partial charge >= 0.3 is 0 Å². The molecule has 0 aliphatic carbocycles. The average Bonchev–Trinajstić information content (AvgIpc) is 3.68. The molecule has 3 N–H and O–H groups in total. The Labute approximate surface area is 320 Å². The molecule has 0 unspecified atom stereocenters. The van der Waals surface area contributed by atoms with Crippen molar-refractivity contribution < 1.29 is 9.59 Å². The Morgan fingerprint density at radius 1 is 0.673 bits per heavy atom. The SMILES string of the molecule is CC(=O)Nc1cc(-c2cccc3c2CCN(C)C3)nc(-n2nc(C)cc2C)n1.CC(=O)Nc1cc(-c2cccc3c2CCNC3)nc(-n2nc(C)cc2C)n1. The summed E-state index contributed by atoms with van der Waals surface area (Å²) in [5, 5.41) is 18.0. The molecule has 0 saturated heterocycles. The van der Waals surface area contributed by atoms with Crippen molar-refractivity contribution in [3.05, 3.63) is 106 Å². The maximum atomic E-state index is 11.6. The number of hydrogen-bond acceptors (Lipinski definition) is 10. The Kier molecular flexibility index (Phi) is 10.6. The number of hydrogen-bond donors (Lipinski definition) is 3. The van der Waals surface area contributed by atoms with Crippen molar-refractivity contribution >= 4 is 23.5 Å². The number of nitrogens with zero attached hydrogens (tertiary/aromatic N) is 9. The molecule has 6 aromatic rings. The van der Waals surface area contributed by atoms with Gasteiger partial charge in [0.1, 0.15) is 11.6 Å². The van der Waals surface area contributed by atoms with Gasteiger partial charge in [-0.2, -0.15) is 20.2 Å². The summed E-state index contributed by atoms with van der Waals surface area (Å²) in [5.74, 6) is 1.52. The second-order valence-corrected chi connectivity index (χ2v) is 14.2. The zero-order valence-corrected chi connectivity index (χ0v) is 32.4. The van der Waals surface area contributed by atoms with Crippen molar-refractivity contribution in [2.45, 2.75) is 67.5 Å². The first-order chi connectivity index (χ1) is 26.4. The number of nitrogens with one attached hydrogen (secondary N) is 3. The van der Waals surface area contributed by atoms with E-state index >= 15 is 0 Å². The van der Waals surface area contributed by atoms with Crippen LogP contribution >= 0.6 is 0 Å². The third-order valence-corrected chi connectivity index (χ3v) is 9.58. The number of fused-ring (bicyclic) bond motifs is 2. The molecule has 0 fully saturated rings. The van der Waals surface area contributed by atoms with Gasteiger partial charge < -0.3 is 20.9 Å². The van der Waals surface area contributed by atoms with E-state index in [9.17, 15) is 9.59 Å². The molecule has 6 heterocycles. The fourth-order valence-electron chi connectivity index (χ4n) is 7.25. The summed E-state index contributed by atoms with van der Waals surface area (Å²) in [6.07, 6.45) is 1.91. The van der Waals surface area contributed by atoms with Gasteiger partial charge in [-0.25, -0.2) is 19.3 Å². The minimum Gasteiger partial charge on any atom is -0.312 e. The number of aromatic nitrogens is 8. The van der Waals surface area contributed by atoms with Gasteiger partial charge in [0.2, 0.25) is 11.8 Å². The molecule has 2 aromatic carbocycles. The molecule has 14 nitrogen and oxygen atoms in total. The summed E-state index contributed by atoms with van der Waals surface area (Å²) < 4.78 is 3.43. The first kappa shape index (κ1) is 37.2. The lowest BCUT2D eigenvalue weighted by Gasteiger charge is -2.26. The molecule has 0 spiro atoms. The molecule has 0 radical (unpaired) electrons. The first-order valence-corrected chi connectivity index (χ1v) is 18.4. The maximum absolute atomic E-state index is 11.6. The van der Waals surface area contributed by atoms with E-state index in [4.69, 9.17) is 9.97 Å². The van der Waals surface area contributed by atoms with Crippen molar-refractivity contribution in [2.24, 2.45) is 0 Å². The van der Waals surface area contributed by atoms with Crippen molar-refractivity contribution in [3.63, 3.8) is 0 Å². The highest BCUT2D eigenvalue weighted by molar-refractivity contribution is 5.89. The first-order valence-electron chi connectivity index (χ1n) is 18.4. The van der Waals surface area contributed by atoms with E-state index in [0.29, 0.717) is 23.5 Å². The van der Waals surface area contributed by atoms with Crippen LogP contribution in [0, 0.1) is 27.7 Å². The van der Waals surface area contributed by atoms with Gasteiger partial charge in [0.05, 0.1) is 22.8 Å². The van der Waals surface area contributed by atoms with E-state index in [2.05, 4.69) is 78.4 Å². The highest BCUT2D eigenvalue weighted by Crippen LogP contribution is 2.31. The van der Waals surface area contributed by atoms with E-state index in [1.54, 1.807) is 9.36 Å². The van der Waals surface area contributed by atoms with E-state index < -0.39 is 0 Å². The highest BCUT2D eigenvalue weighted by atomic mass is 16.2. The molecule has 282 valence electrons. The minimum absolute atomic E-state index is 0.166. The molecule has 0 atom stereocenters. The molecule has 2 aliphatic rings. The number of carbonyl (C=O) groups excluding carboxylic acids is 2. The van der Waals surface area contributed by atoms with Crippen LogP contribution in [0.4, 0.5) is 11.6 Å². The van der Waals surface area contributed by atoms with Crippen molar-refractivity contribution in [1.82, 2.24) is 49.7 Å². The van der Waals surface area contributed by atoms with Crippen molar-refractivity contribution in [1.29, 1.82) is 0 Å². The zero-order chi connectivity index (χ0) is 38.8. The Hall–Kier alpha value is -6.12. The Balaban J connectivity index is 0.000000169. The molecule has 14 heteroatoms. The van der Waals surface area contributed by atoms with Gasteiger partial charge in [-0.05, 0) is 88.5 Å². The lowest BCUT2D eigenvalue weighted by molar-refractivity contribution is -0.115. The Morgan fingerprint density at radius 3 is 1.67 bits per heavy atom. The van der Waals surface area contributed by atoms with Crippen LogP contribution in [0.5, 0.6) is 0 Å². The van der Waals surface area contributed by atoms with Crippen molar-refractivity contribution in [2.75, 3.05) is 30.8 Å². The van der Waals surface area contributed by atoms with E-state index in [-0.39, 0.29) is 11.8 Å². The molecule has 2 amide bonds. The Bertz CT molecular complexity index is 2410. The molecule has 4 aromatic heterocycles. The molecular formula is C41H46N12O2. The topological polar surface area (TPSA) is 161 Å². The number of anilines is 2. The van der Waals surface area contributed by atoms with E-state index in [1.165, 1.54) is 36.1 Å². The molecule has 0 bridgehead atoms. The highest BCUT2D eigenvalue weighted by Gasteiger charge is 2.21. The number of benzene rings is 2. The zero-order valence-electron chi connectivity index (χ0n) is 32.4. The van der Waals surface area contributed by atoms with Gasteiger partial charge in [0.25, 0.3) is 11.9 Å². The predicted octanol–water partition coefficient (Wildman–Crippen LogP) is 5.44. The third kappa shape index (κ3) is 8.35. The summed E-state index contributed by atoms with van der Waals surface area (Å²) in [7, 11) is 2.14. The summed E-state index contributed by atoms with van der Waals surface area (Å²) >= 11 is 0. The lowest BCUT2D eigenvalue weighted by Crippen LogP contribution is -2.27. The summed E-state index contributed by atoms with van der Waals surface area (Å²) in [6, 6.07) is 20.2. The van der Waals surface area contributed by atoms with Crippen LogP contribution in [0.25, 0.3) is 34.4 Å². The van der Waals surface area contributed by atoms with Crippen molar-refractivity contribution in [3.8, 4) is 34.4 Å². The fourth-order valence-corrected chi connectivity index (χ4v) is 7.25. The third-order valence-electron chi connectivity index (χ3n) is 9.58. The van der Waals surface area contributed by atoms with Crippen LogP contribution in [0.3, 0.4) is 0 Å². The maximum Gasteiger partial charge on any atom is 0.253 e. The average molecular weight is 739 g/mol. The molecule has 8 rings (SSSR count). The standard InChI is InChI=1S/C21H24N6O.C20H22N6O/c1-13-10-14(2)27(25-13)21-23-19(11-20(24-21)22-15(3)28)18-7-5-6-16-12-26(4)9-8-17(16)18;1-12-9-13(2)26(25-12)20-23-18(10-19(24-20)22-14(3)27)17-6-4-5-15-11-21-8-7-16(15)17/h5-7,10-11H,8-9,12H2,1-4H3,(H,22,23,24,28);4-6,9-10,21H,7-8,11H2,1-3H3,(H,22,23,24,27). The van der Waals surface area contributed by atoms with Gasteiger partial charge in [-0.3, -0.25) is 9.59 Å². The van der Waals surface area contributed by atoms with E-state index in [1.807, 2.05) is 58.0 Å². The van der Waals surface area contributed by atoms with Gasteiger partial charge in [0.15, 0.2) is 0 Å². The molecule has 55 heavy (non-hydrogen) atoms. The second-order valence-electron chi connectivity index (χ2n) is 14.2. The summed E-state index contributed by atoms with van der Waals surface area (Å²) in [6.45, 7) is 14.5. The minimum atomic E-state index is -0.168. The van der Waals surface area contributed by atoms with Crippen LogP contribution < -0.4 is 16.0 Å². The summed E-state index contributed by atoms with van der Waals surface area (Å²) in [4.78, 5) is 44.2. The van der Waals surface area contributed by atoms with Crippen LogP contribution in [-0.4, -0.2) is 76.3 Å². The number of likely N-dealkylation sites (N-methyl/N-ethyl adjacent to an activating group) is 1. The number of rotatable bonds is 6. The fraction of sp³-hybridized carbons (Fsp3) is 0.317. The molecular weight excluding hydrogens is 693 g/mol. The molecule has 2 aliphatic heterocycles. The normalized spacial score (nSPS) is 13.7. The van der Waals surface area contributed by atoms with Crippen LogP contribution in [0.2, 0.25) is 0 Å². The van der Waals surface area contributed by atoms with Gasteiger partial charge in [-0.15, -0.1) is 0 Å². The number of carbonyl (C=O) groups is 2. The van der Waals surface area contributed by atoms with E-state index in [0.717, 1.165) is 84.3 Å². The van der Waals surface area contributed by atoms with Gasteiger partial charge in [-0.1, -0.05) is 36.4 Å². The Morgan fingerprint density at radius 2 is 1.18 bits per heavy atom. The van der Waals surface area contributed by atoms with Crippen LogP contribution in [0.1, 0.15) is 58.9 Å². The number of amides is 2. The smallest absolute Gasteiger partial charge is 0.253 e. The molecule has 0 saturated carbocycles.